The topological polar surface area (TPSA) is 46.0 Å². The molecule has 7 heteroatoms. The molecule has 0 aliphatic carbocycles. The highest BCUT2D eigenvalue weighted by Gasteiger charge is 2.42. The fourth-order valence-electron chi connectivity index (χ4n) is 4.07. The fourth-order valence-corrected chi connectivity index (χ4v) is 4.52. The van der Waals surface area contributed by atoms with E-state index in [1.54, 1.807) is 6.20 Å². The van der Waals surface area contributed by atoms with E-state index in [-0.39, 0.29) is 12.1 Å². The van der Waals surface area contributed by atoms with Gasteiger partial charge in [-0.15, -0.1) is 0 Å². The number of hydrogen-bond acceptors (Lipinski definition) is 3. The van der Waals surface area contributed by atoms with Gasteiger partial charge >= 0.3 is 0 Å². The molecular formula is C24H20ClN5S. The summed E-state index contributed by atoms with van der Waals surface area (Å²) in [7, 11) is 0. The number of nitrogens with one attached hydrogen (secondary N) is 1. The van der Waals surface area contributed by atoms with Gasteiger partial charge in [0.1, 0.15) is 11.9 Å². The Morgan fingerprint density at radius 3 is 2.65 bits per heavy atom. The molecule has 4 aromatic rings. The molecule has 0 saturated carbocycles. The molecule has 5 nitrogen and oxygen atoms in total. The molecule has 1 fully saturated rings. The average Bonchev–Trinajstić information content (AvgIpc) is 3.39. The van der Waals surface area contributed by atoms with Crippen LogP contribution < -0.4 is 10.2 Å². The molecule has 0 unspecified atom stereocenters. The number of aromatic nitrogens is 3. The van der Waals surface area contributed by atoms with Crippen molar-refractivity contribution < 1.29 is 0 Å². The van der Waals surface area contributed by atoms with Gasteiger partial charge in [0.15, 0.2) is 5.11 Å². The maximum absolute atomic E-state index is 6.06. The average molecular weight is 446 g/mol. The van der Waals surface area contributed by atoms with Gasteiger partial charge in [0, 0.05) is 30.0 Å². The molecule has 1 aromatic carbocycles. The standard InChI is InChI=1S/C24H20ClN5S/c1-16-6-4-7-18(14-16)30-23(22(28-24(30)31)19-8-2-3-12-26-19)20-9-5-13-29(20)21-11-10-17(25)15-27-21/h2-15,22-23H,1H3,(H,28,31)/t22-,23+/m1/s1. The van der Waals surface area contributed by atoms with Gasteiger partial charge in [0.05, 0.1) is 16.8 Å². The van der Waals surface area contributed by atoms with Crippen LogP contribution in [0.1, 0.15) is 29.0 Å². The van der Waals surface area contributed by atoms with Crippen molar-refractivity contribution in [3.8, 4) is 5.82 Å². The quantitative estimate of drug-likeness (QED) is 0.426. The van der Waals surface area contributed by atoms with Crippen LogP contribution in [-0.4, -0.2) is 19.6 Å². The molecule has 3 aromatic heterocycles. The summed E-state index contributed by atoms with van der Waals surface area (Å²) in [5.41, 5.74) is 4.20. The highest BCUT2D eigenvalue weighted by molar-refractivity contribution is 7.80. The maximum Gasteiger partial charge on any atom is 0.174 e. The smallest absolute Gasteiger partial charge is 0.174 e. The Morgan fingerprint density at radius 1 is 1.00 bits per heavy atom. The Balaban J connectivity index is 1.67. The van der Waals surface area contributed by atoms with Crippen LogP contribution in [-0.2, 0) is 0 Å². The lowest BCUT2D eigenvalue weighted by molar-refractivity contribution is 0.548. The number of thiocarbonyl (C=S) groups is 1. The van der Waals surface area contributed by atoms with Gasteiger partial charge in [-0.25, -0.2) is 4.98 Å². The summed E-state index contributed by atoms with van der Waals surface area (Å²) in [5, 5.41) is 4.78. The van der Waals surface area contributed by atoms with Crippen LogP contribution in [0.4, 0.5) is 5.69 Å². The Morgan fingerprint density at radius 2 is 1.90 bits per heavy atom. The molecular weight excluding hydrogens is 426 g/mol. The summed E-state index contributed by atoms with van der Waals surface area (Å²) in [4.78, 5) is 11.3. The predicted octanol–water partition coefficient (Wildman–Crippen LogP) is 5.41. The van der Waals surface area contributed by atoms with Crippen molar-refractivity contribution in [2.24, 2.45) is 0 Å². The van der Waals surface area contributed by atoms with E-state index in [1.807, 2.05) is 48.8 Å². The summed E-state index contributed by atoms with van der Waals surface area (Å²) in [5.74, 6) is 0.797. The minimum atomic E-state index is -0.116. The third kappa shape index (κ3) is 3.69. The van der Waals surface area contributed by atoms with Crippen molar-refractivity contribution in [1.82, 2.24) is 19.9 Å². The molecule has 2 atom stereocenters. The Kier molecular flexibility index (Phi) is 5.18. The highest BCUT2D eigenvalue weighted by atomic mass is 35.5. The first-order chi connectivity index (χ1) is 15.1. The lowest BCUT2D eigenvalue weighted by Crippen LogP contribution is -2.30. The minimum absolute atomic E-state index is 0.114. The van der Waals surface area contributed by atoms with Crippen molar-refractivity contribution in [3.05, 3.63) is 107 Å². The van der Waals surface area contributed by atoms with E-state index in [4.69, 9.17) is 23.8 Å². The van der Waals surface area contributed by atoms with Crippen molar-refractivity contribution in [1.29, 1.82) is 0 Å². The largest absolute Gasteiger partial charge is 0.351 e. The molecule has 1 N–H and O–H groups in total. The van der Waals surface area contributed by atoms with E-state index in [1.165, 1.54) is 5.56 Å². The molecule has 5 rings (SSSR count). The summed E-state index contributed by atoms with van der Waals surface area (Å²) in [6, 6.07) is 22.0. The van der Waals surface area contributed by atoms with Gasteiger partial charge in [0.25, 0.3) is 0 Å². The highest BCUT2D eigenvalue weighted by Crippen LogP contribution is 2.42. The number of rotatable bonds is 4. The molecule has 1 saturated heterocycles. The van der Waals surface area contributed by atoms with Gasteiger partial charge < -0.3 is 14.8 Å². The number of aryl methyl sites for hydroxylation is 1. The van der Waals surface area contributed by atoms with E-state index >= 15 is 0 Å². The molecule has 31 heavy (non-hydrogen) atoms. The van der Waals surface area contributed by atoms with E-state index < -0.39 is 0 Å². The zero-order chi connectivity index (χ0) is 21.4. The number of halogens is 1. The lowest BCUT2D eigenvalue weighted by Gasteiger charge is -2.29. The van der Waals surface area contributed by atoms with Crippen LogP contribution in [0.25, 0.3) is 5.82 Å². The monoisotopic (exact) mass is 445 g/mol. The molecule has 4 heterocycles. The number of benzene rings is 1. The van der Waals surface area contributed by atoms with E-state index in [2.05, 4.69) is 62.0 Å². The SMILES string of the molecule is Cc1cccc(N2C(=S)N[C@H](c3ccccn3)[C@@H]2c2cccn2-c2ccc(Cl)cn2)c1. The second-order valence-corrected chi connectivity index (χ2v) is 8.30. The number of pyridine rings is 2. The first kappa shape index (κ1) is 19.7. The number of hydrogen-bond donors (Lipinski definition) is 1. The van der Waals surface area contributed by atoms with Crippen LogP contribution >= 0.6 is 23.8 Å². The zero-order valence-corrected chi connectivity index (χ0v) is 18.4. The van der Waals surface area contributed by atoms with E-state index in [9.17, 15) is 0 Å². The van der Waals surface area contributed by atoms with Gasteiger partial charge in [-0.05, 0) is 73.2 Å². The van der Waals surface area contributed by atoms with Crippen molar-refractivity contribution in [3.63, 3.8) is 0 Å². The minimum Gasteiger partial charge on any atom is -0.351 e. The first-order valence-corrected chi connectivity index (χ1v) is 10.8. The van der Waals surface area contributed by atoms with Crippen molar-refractivity contribution in [2.75, 3.05) is 4.90 Å². The summed E-state index contributed by atoms with van der Waals surface area (Å²) in [6.07, 6.45) is 5.48. The van der Waals surface area contributed by atoms with Gasteiger partial charge in [-0.3, -0.25) is 4.98 Å². The van der Waals surface area contributed by atoms with E-state index in [0.29, 0.717) is 10.1 Å². The van der Waals surface area contributed by atoms with Crippen LogP contribution in [0.5, 0.6) is 0 Å². The van der Waals surface area contributed by atoms with Gasteiger partial charge in [0.2, 0.25) is 0 Å². The fraction of sp³-hybridized carbons (Fsp3) is 0.125. The summed E-state index contributed by atoms with van der Waals surface area (Å²) < 4.78 is 2.08. The molecule has 1 aliphatic heterocycles. The molecule has 0 bridgehead atoms. The molecule has 1 aliphatic rings. The predicted molar refractivity (Wildman–Crippen MR) is 128 cm³/mol. The third-order valence-corrected chi connectivity index (χ3v) is 5.96. The van der Waals surface area contributed by atoms with Crippen molar-refractivity contribution >= 4 is 34.6 Å². The maximum atomic E-state index is 6.06. The number of nitrogens with zero attached hydrogens (tertiary/aromatic N) is 4. The summed E-state index contributed by atoms with van der Waals surface area (Å²) in [6.45, 7) is 2.08. The van der Waals surface area contributed by atoms with Gasteiger partial charge in [-0.2, -0.15) is 0 Å². The lowest BCUT2D eigenvalue weighted by atomic mass is 10.0. The second-order valence-electron chi connectivity index (χ2n) is 7.47. The molecule has 154 valence electrons. The Hall–Kier alpha value is -3.22. The second kappa shape index (κ2) is 8.13. The summed E-state index contributed by atoms with van der Waals surface area (Å²) >= 11 is 11.9. The van der Waals surface area contributed by atoms with Gasteiger partial charge in [-0.1, -0.05) is 29.8 Å². The van der Waals surface area contributed by atoms with Crippen LogP contribution in [0.2, 0.25) is 5.02 Å². The molecule has 0 radical (unpaired) electrons. The Labute approximate surface area is 191 Å². The van der Waals surface area contributed by atoms with Crippen LogP contribution in [0.15, 0.2) is 85.3 Å². The van der Waals surface area contributed by atoms with Crippen LogP contribution in [0.3, 0.4) is 0 Å². The Bertz CT molecular complexity index is 1220. The van der Waals surface area contributed by atoms with E-state index in [0.717, 1.165) is 22.9 Å². The third-order valence-electron chi connectivity index (χ3n) is 5.42. The molecule has 0 amide bonds. The first-order valence-electron chi connectivity index (χ1n) is 9.98. The number of anilines is 1. The zero-order valence-electron chi connectivity index (χ0n) is 16.8. The van der Waals surface area contributed by atoms with Crippen molar-refractivity contribution in [2.45, 2.75) is 19.0 Å². The van der Waals surface area contributed by atoms with Crippen LogP contribution in [0, 0.1) is 6.92 Å². The molecule has 0 spiro atoms. The normalized spacial score (nSPS) is 18.3.